The van der Waals surface area contributed by atoms with Crippen LogP contribution in [-0.2, 0) is 19.4 Å². The Labute approximate surface area is 119 Å². The highest BCUT2D eigenvalue weighted by Gasteiger charge is 2.15. The summed E-state index contributed by atoms with van der Waals surface area (Å²) in [7, 11) is 0. The largest absolute Gasteiger partial charge is 0.477 e. The highest BCUT2D eigenvalue weighted by atomic mass is 16.5. The Morgan fingerprint density at radius 1 is 1.15 bits per heavy atom. The molecule has 3 rings (SSSR count). The molecule has 1 N–H and O–H groups in total. The Morgan fingerprint density at radius 2 is 2.05 bits per heavy atom. The summed E-state index contributed by atoms with van der Waals surface area (Å²) in [6.07, 6.45) is 4.59. The normalized spacial score (nSPS) is 13.8. The zero-order valence-corrected chi connectivity index (χ0v) is 11.5. The molecule has 20 heavy (non-hydrogen) atoms. The van der Waals surface area contributed by atoms with Gasteiger partial charge in [-0.05, 0) is 18.4 Å². The van der Waals surface area contributed by atoms with Gasteiger partial charge in [-0.25, -0.2) is 9.97 Å². The lowest BCUT2D eigenvalue weighted by Gasteiger charge is -2.18. The standard InChI is InChI=1S/C16H19N3O/c1-2-5-13(6-3-1)7-4-10-20-16-14-11-17-9-8-15(14)18-12-19-16/h1-3,5-6,12,17H,4,7-11H2. The molecule has 0 saturated heterocycles. The van der Waals surface area contributed by atoms with Crippen molar-refractivity contribution in [2.75, 3.05) is 13.2 Å². The molecule has 0 aliphatic carbocycles. The number of nitrogens with one attached hydrogen (secondary N) is 1. The first-order valence-corrected chi connectivity index (χ1v) is 7.13. The van der Waals surface area contributed by atoms with E-state index in [-0.39, 0.29) is 0 Å². The van der Waals surface area contributed by atoms with Crippen LogP contribution in [0.4, 0.5) is 0 Å². The zero-order valence-electron chi connectivity index (χ0n) is 11.5. The Morgan fingerprint density at radius 3 is 2.95 bits per heavy atom. The number of ether oxygens (including phenoxy) is 1. The molecule has 4 nitrogen and oxygen atoms in total. The maximum atomic E-state index is 5.84. The van der Waals surface area contributed by atoms with Crippen molar-refractivity contribution in [3.05, 3.63) is 53.5 Å². The summed E-state index contributed by atoms with van der Waals surface area (Å²) in [5, 5.41) is 3.34. The van der Waals surface area contributed by atoms with Crippen LogP contribution in [-0.4, -0.2) is 23.1 Å². The summed E-state index contributed by atoms with van der Waals surface area (Å²) >= 11 is 0. The minimum atomic E-state index is 0.693. The lowest BCUT2D eigenvalue weighted by Crippen LogP contribution is -2.25. The quantitative estimate of drug-likeness (QED) is 0.845. The molecule has 0 saturated carbocycles. The number of nitrogens with zero attached hydrogens (tertiary/aromatic N) is 2. The smallest absolute Gasteiger partial charge is 0.221 e. The molecule has 2 heterocycles. The second-order valence-corrected chi connectivity index (χ2v) is 4.97. The Kier molecular flexibility index (Phi) is 4.23. The first-order chi connectivity index (χ1) is 9.93. The van der Waals surface area contributed by atoms with Gasteiger partial charge in [0.2, 0.25) is 5.88 Å². The van der Waals surface area contributed by atoms with E-state index in [1.165, 1.54) is 5.56 Å². The number of aromatic nitrogens is 2. The summed E-state index contributed by atoms with van der Waals surface area (Å²) in [6, 6.07) is 10.5. The van der Waals surface area contributed by atoms with Gasteiger partial charge in [-0.1, -0.05) is 30.3 Å². The highest BCUT2D eigenvalue weighted by Crippen LogP contribution is 2.20. The first kappa shape index (κ1) is 13.1. The number of fused-ring (bicyclic) bond motifs is 1. The van der Waals surface area contributed by atoms with Crippen LogP contribution in [0.2, 0.25) is 0 Å². The molecule has 2 aromatic rings. The fraction of sp³-hybridized carbons (Fsp3) is 0.375. The fourth-order valence-electron chi connectivity index (χ4n) is 2.46. The molecule has 0 spiro atoms. The molecule has 0 radical (unpaired) electrons. The lowest BCUT2D eigenvalue weighted by molar-refractivity contribution is 0.292. The molecule has 0 amide bonds. The second kappa shape index (κ2) is 6.48. The van der Waals surface area contributed by atoms with E-state index < -0.39 is 0 Å². The summed E-state index contributed by atoms with van der Waals surface area (Å²) in [6.45, 7) is 2.49. The minimum Gasteiger partial charge on any atom is -0.477 e. The van der Waals surface area contributed by atoms with Gasteiger partial charge in [0.1, 0.15) is 6.33 Å². The summed E-state index contributed by atoms with van der Waals surface area (Å²) < 4.78 is 5.84. The van der Waals surface area contributed by atoms with Gasteiger partial charge in [0.15, 0.2) is 0 Å². The predicted molar refractivity (Wildman–Crippen MR) is 77.7 cm³/mol. The molecule has 0 unspecified atom stereocenters. The summed E-state index contributed by atoms with van der Waals surface area (Å²) in [5.41, 5.74) is 3.60. The number of hydrogen-bond acceptors (Lipinski definition) is 4. The molecule has 104 valence electrons. The Bertz CT molecular complexity index is 557. The molecule has 1 aliphatic rings. The second-order valence-electron chi connectivity index (χ2n) is 4.97. The van der Waals surface area contributed by atoms with Gasteiger partial charge in [0, 0.05) is 25.1 Å². The van der Waals surface area contributed by atoms with Crippen molar-refractivity contribution in [1.29, 1.82) is 0 Å². The van der Waals surface area contributed by atoms with Gasteiger partial charge in [-0.15, -0.1) is 0 Å². The average molecular weight is 269 g/mol. The van der Waals surface area contributed by atoms with Crippen molar-refractivity contribution in [3.8, 4) is 5.88 Å². The van der Waals surface area contributed by atoms with Crippen molar-refractivity contribution in [1.82, 2.24) is 15.3 Å². The lowest BCUT2D eigenvalue weighted by atomic mass is 10.1. The number of aryl methyl sites for hydroxylation is 1. The Balaban J connectivity index is 1.54. The van der Waals surface area contributed by atoms with E-state index in [1.54, 1.807) is 6.33 Å². The molecular formula is C16H19N3O. The van der Waals surface area contributed by atoms with Crippen LogP contribution in [0.3, 0.4) is 0 Å². The van der Waals surface area contributed by atoms with Gasteiger partial charge in [0.25, 0.3) is 0 Å². The van der Waals surface area contributed by atoms with Crippen molar-refractivity contribution in [2.24, 2.45) is 0 Å². The van der Waals surface area contributed by atoms with Gasteiger partial charge >= 0.3 is 0 Å². The van der Waals surface area contributed by atoms with E-state index in [0.29, 0.717) is 6.61 Å². The maximum absolute atomic E-state index is 5.84. The van der Waals surface area contributed by atoms with Crippen molar-refractivity contribution in [3.63, 3.8) is 0 Å². The molecular weight excluding hydrogens is 250 g/mol. The third-order valence-electron chi connectivity index (χ3n) is 3.53. The topological polar surface area (TPSA) is 47.0 Å². The van der Waals surface area contributed by atoms with E-state index in [9.17, 15) is 0 Å². The molecule has 1 aromatic heterocycles. The molecule has 1 aromatic carbocycles. The first-order valence-electron chi connectivity index (χ1n) is 7.13. The zero-order chi connectivity index (χ0) is 13.6. The average Bonchev–Trinajstić information content (AvgIpc) is 2.53. The third kappa shape index (κ3) is 3.14. The van der Waals surface area contributed by atoms with Crippen molar-refractivity contribution < 1.29 is 4.74 Å². The van der Waals surface area contributed by atoms with E-state index in [2.05, 4.69) is 39.6 Å². The van der Waals surface area contributed by atoms with Gasteiger partial charge < -0.3 is 10.1 Å². The maximum Gasteiger partial charge on any atom is 0.221 e. The van der Waals surface area contributed by atoms with Gasteiger partial charge in [-0.3, -0.25) is 0 Å². The van der Waals surface area contributed by atoms with Gasteiger partial charge in [0.05, 0.1) is 12.3 Å². The number of rotatable bonds is 5. The summed E-state index contributed by atoms with van der Waals surface area (Å²) in [4.78, 5) is 8.59. The minimum absolute atomic E-state index is 0.693. The van der Waals surface area contributed by atoms with E-state index >= 15 is 0 Å². The van der Waals surface area contributed by atoms with Crippen LogP contribution < -0.4 is 10.1 Å². The van der Waals surface area contributed by atoms with Crippen molar-refractivity contribution >= 4 is 0 Å². The van der Waals surface area contributed by atoms with E-state index in [4.69, 9.17) is 4.74 Å². The summed E-state index contributed by atoms with van der Waals surface area (Å²) in [5.74, 6) is 0.746. The van der Waals surface area contributed by atoms with Crippen LogP contribution in [0.1, 0.15) is 23.2 Å². The van der Waals surface area contributed by atoms with Gasteiger partial charge in [-0.2, -0.15) is 0 Å². The van der Waals surface area contributed by atoms with Crippen molar-refractivity contribution in [2.45, 2.75) is 25.8 Å². The van der Waals surface area contributed by atoms with Crippen LogP contribution in [0.25, 0.3) is 0 Å². The Hall–Kier alpha value is -1.94. The molecule has 1 aliphatic heterocycles. The molecule has 0 fully saturated rings. The highest BCUT2D eigenvalue weighted by molar-refractivity contribution is 5.31. The SMILES string of the molecule is c1ccc(CCCOc2ncnc3c2CNCC3)cc1. The molecule has 0 bridgehead atoms. The molecule has 4 heteroatoms. The number of benzene rings is 1. The van der Waals surface area contributed by atoms with Crippen LogP contribution in [0.15, 0.2) is 36.7 Å². The van der Waals surface area contributed by atoms with Crippen LogP contribution in [0, 0.1) is 0 Å². The monoisotopic (exact) mass is 269 g/mol. The fourth-order valence-corrected chi connectivity index (χ4v) is 2.46. The predicted octanol–water partition coefficient (Wildman–Crippen LogP) is 2.13. The number of hydrogen-bond donors (Lipinski definition) is 1. The molecule has 0 atom stereocenters. The third-order valence-corrected chi connectivity index (χ3v) is 3.53. The van der Waals surface area contributed by atoms with Crippen LogP contribution in [0.5, 0.6) is 5.88 Å². The van der Waals surface area contributed by atoms with Crippen LogP contribution >= 0.6 is 0 Å². The van der Waals surface area contributed by atoms with E-state index in [0.717, 1.165) is 49.5 Å². The van der Waals surface area contributed by atoms with E-state index in [1.807, 2.05) is 6.07 Å².